The summed E-state index contributed by atoms with van der Waals surface area (Å²) < 4.78 is 57.5. The molecule has 3 saturated heterocycles. The fourth-order valence-electron chi connectivity index (χ4n) is 7.30. The molecule has 58 heavy (non-hydrogen) atoms. The molecule has 12 nitrogen and oxygen atoms in total. The SMILES string of the molecule is CC(C)C(=O)SCCOP(=O)(OCCSC(=O)C(C)C)C(F)(F)c1ccc2sc(C(=O)N[C@H]3CCC[C@H]4CC[C@@H](C(=O)N5CC(c6cccnc6)C5)N4C3=O)cc2c1. The van der Waals surface area contributed by atoms with E-state index in [1.165, 1.54) is 12.1 Å². The van der Waals surface area contributed by atoms with Gasteiger partial charge in [-0.15, -0.1) is 11.3 Å². The van der Waals surface area contributed by atoms with E-state index in [9.17, 15) is 28.5 Å². The zero-order valence-electron chi connectivity index (χ0n) is 32.9. The molecule has 3 aliphatic rings. The number of rotatable bonds is 16. The Kier molecular flexibility index (Phi) is 14.5. The fourth-order valence-corrected chi connectivity index (χ4v) is 11.4. The molecule has 0 saturated carbocycles. The molecule has 6 rings (SSSR count). The molecule has 0 aliphatic carbocycles. The Bertz CT molecular complexity index is 2020. The predicted molar refractivity (Wildman–Crippen MR) is 222 cm³/mol. The number of fused-ring (bicyclic) bond motifs is 2. The van der Waals surface area contributed by atoms with E-state index in [1.807, 2.05) is 18.3 Å². The number of hydrogen-bond acceptors (Lipinski definition) is 12. The lowest BCUT2D eigenvalue weighted by Crippen LogP contribution is -2.58. The summed E-state index contributed by atoms with van der Waals surface area (Å²) in [6.45, 7) is 7.04. The minimum Gasteiger partial charge on any atom is -0.340 e. The third-order valence-electron chi connectivity index (χ3n) is 10.6. The van der Waals surface area contributed by atoms with Crippen LogP contribution in [0.25, 0.3) is 10.1 Å². The van der Waals surface area contributed by atoms with Gasteiger partial charge in [0.1, 0.15) is 12.1 Å². The first-order chi connectivity index (χ1) is 27.6. The molecular weight excluding hydrogens is 830 g/mol. The molecule has 0 unspecified atom stereocenters. The number of nitrogens with one attached hydrogen (secondary N) is 1. The highest BCUT2D eigenvalue weighted by molar-refractivity contribution is 8.13. The van der Waals surface area contributed by atoms with Crippen LogP contribution >= 0.6 is 42.5 Å². The highest BCUT2D eigenvalue weighted by atomic mass is 32.2. The van der Waals surface area contributed by atoms with Crippen molar-refractivity contribution in [2.75, 3.05) is 37.8 Å². The maximum Gasteiger partial charge on any atom is 0.404 e. The van der Waals surface area contributed by atoms with Crippen LogP contribution in [0.2, 0.25) is 0 Å². The van der Waals surface area contributed by atoms with Gasteiger partial charge >= 0.3 is 13.3 Å². The van der Waals surface area contributed by atoms with Crippen LogP contribution in [0, 0.1) is 11.8 Å². The number of carbonyl (C=O) groups is 5. The Morgan fingerprint density at radius 3 is 2.26 bits per heavy atom. The third-order valence-corrected chi connectivity index (χ3v) is 15.9. The van der Waals surface area contributed by atoms with Crippen molar-refractivity contribution in [1.82, 2.24) is 20.1 Å². The summed E-state index contributed by atoms with van der Waals surface area (Å²) in [6, 6.07) is 7.39. The van der Waals surface area contributed by atoms with E-state index in [-0.39, 0.29) is 67.6 Å². The van der Waals surface area contributed by atoms with Gasteiger partial charge in [0, 0.05) is 71.0 Å². The average molecular weight is 879 g/mol. The first kappa shape index (κ1) is 44.3. The van der Waals surface area contributed by atoms with Gasteiger partial charge in [0.15, 0.2) is 10.2 Å². The Morgan fingerprint density at radius 2 is 1.64 bits per heavy atom. The van der Waals surface area contributed by atoms with Gasteiger partial charge in [-0.05, 0) is 67.3 Å². The maximum absolute atomic E-state index is 16.3. The minimum absolute atomic E-state index is 0.0202. The van der Waals surface area contributed by atoms with Gasteiger partial charge in [0.05, 0.1) is 18.1 Å². The van der Waals surface area contributed by atoms with Crippen LogP contribution in [-0.2, 0) is 38.5 Å². The van der Waals surface area contributed by atoms with Crippen molar-refractivity contribution in [2.45, 2.75) is 89.5 Å². The Balaban J connectivity index is 1.13. The molecule has 18 heteroatoms. The summed E-state index contributed by atoms with van der Waals surface area (Å²) in [6.07, 6.45) is 6.59. The summed E-state index contributed by atoms with van der Waals surface area (Å²) >= 11 is 2.83. The molecule has 0 bridgehead atoms. The number of benzene rings is 1. The normalized spacial score (nSPS) is 20.3. The molecule has 3 amide bonds. The van der Waals surface area contributed by atoms with E-state index >= 15 is 8.78 Å². The smallest absolute Gasteiger partial charge is 0.340 e. The third kappa shape index (κ3) is 9.87. The second kappa shape index (κ2) is 19.0. The molecule has 3 aromatic rings. The van der Waals surface area contributed by atoms with Crippen LogP contribution in [0.4, 0.5) is 8.78 Å². The Labute approximate surface area is 349 Å². The van der Waals surface area contributed by atoms with Crippen molar-refractivity contribution in [3.63, 3.8) is 0 Å². The molecule has 1 N–H and O–H groups in total. The van der Waals surface area contributed by atoms with Crippen molar-refractivity contribution in [3.8, 4) is 0 Å². The summed E-state index contributed by atoms with van der Waals surface area (Å²) in [4.78, 5) is 73.3. The molecule has 5 heterocycles. The zero-order chi connectivity index (χ0) is 41.8. The topological polar surface area (TPSA) is 152 Å². The van der Waals surface area contributed by atoms with Gasteiger partial charge in [0.2, 0.25) is 11.8 Å². The molecule has 3 aliphatic heterocycles. The molecule has 3 atom stereocenters. The highest BCUT2D eigenvalue weighted by Crippen LogP contribution is 2.67. The number of thiophene rings is 1. The standard InChI is InChI=1S/C40H49F2N4O8PS3/c1-24(2)38(50)56-17-15-53-55(52,54-16-18-57-39(51)25(3)4)40(41,42)29-10-13-33-27(19-29)20-34(58-33)35(47)44-31-9-5-8-30-11-12-32(46(30)36(31)48)37(49)45-22-28(23-45)26-7-6-14-43-21-26/h6-7,10,13-14,19-21,24-25,28,30-32H,5,8-9,11-12,15-18,22-23H2,1-4H3,(H,44,47)/t30-,31-,32-/m0/s1. The largest absolute Gasteiger partial charge is 0.404 e. The lowest BCUT2D eigenvalue weighted by atomic mass is 9.92. The molecule has 3 fully saturated rings. The van der Waals surface area contributed by atoms with E-state index in [2.05, 4.69) is 10.3 Å². The number of carbonyl (C=O) groups excluding carboxylic acids is 5. The van der Waals surface area contributed by atoms with Gasteiger partial charge in [-0.25, -0.2) is 0 Å². The quantitative estimate of drug-likeness (QED) is 0.112. The molecule has 314 valence electrons. The molecule has 0 radical (unpaired) electrons. The number of hydrogen-bond donors (Lipinski definition) is 1. The number of aromatic nitrogens is 1. The lowest BCUT2D eigenvalue weighted by Gasteiger charge is -2.42. The van der Waals surface area contributed by atoms with E-state index in [0.29, 0.717) is 43.5 Å². The number of nitrogens with zero attached hydrogens (tertiary/aromatic N) is 3. The first-order valence-corrected chi connectivity index (χ1v) is 23.9. The predicted octanol–water partition coefficient (Wildman–Crippen LogP) is 7.67. The molecule has 1 aromatic carbocycles. The zero-order valence-corrected chi connectivity index (χ0v) is 36.2. The number of pyridine rings is 1. The number of likely N-dealkylation sites (tertiary alicyclic amines) is 1. The number of alkyl halides is 2. The van der Waals surface area contributed by atoms with E-state index in [0.717, 1.165) is 59.0 Å². The summed E-state index contributed by atoms with van der Waals surface area (Å²) in [5, 5.41) is 2.81. The van der Waals surface area contributed by atoms with Crippen LogP contribution in [0.1, 0.15) is 86.5 Å². The number of amides is 3. The lowest BCUT2D eigenvalue weighted by molar-refractivity contribution is -0.148. The van der Waals surface area contributed by atoms with E-state index in [1.54, 1.807) is 43.7 Å². The Hall–Kier alpha value is -3.21. The Morgan fingerprint density at radius 1 is 0.966 bits per heavy atom. The second-order valence-electron chi connectivity index (χ2n) is 15.4. The van der Waals surface area contributed by atoms with Gasteiger partial charge in [-0.2, -0.15) is 8.78 Å². The van der Waals surface area contributed by atoms with Crippen LogP contribution in [0.15, 0.2) is 48.8 Å². The van der Waals surface area contributed by atoms with Crippen LogP contribution < -0.4 is 5.32 Å². The molecule has 0 spiro atoms. The summed E-state index contributed by atoms with van der Waals surface area (Å²) in [7, 11) is -5.21. The summed E-state index contributed by atoms with van der Waals surface area (Å²) in [5.41, 5.74) is -3.72. The monoisotopic (exact) mass is 878 g/mol. The van der Waals surface area contributed by atoms with Gasteiger partial charge in [0.25, 0.3) is 5.91 Å². The van der Waals surface area contributed by atoms with E-state index in [4.69, 9.17) is 9.05 Å². The molecular formula is C40H49F2N4O8PS3. The van der Waals surface area contributed by atoms with Crippen molar-refractivity contribution in [3.05, 3.63) is 64.8 Å². The van der Waals surface area contributed by atoms with Crippen LogP contribution in [-0.4, -0.2) is 98.7 Å². The highest BCUT2D eigenvalue weighted by Gasteiger charge is 2.55. The van der Waals surface area contributed by atoms with Crippen molar-refractivity contribution >= 4 is 80.5 Å². The minimum atomic E-state index is -5.21. The van der Waals surface area contributed by atoms with Crippen LogP contribution in [0.3, 0.4) is 0 Å². The molecule has 2 aromatic heterocycles. The maximum atomic E-state index is 16.3. The number of halogens is 2. The fraction of sp³-hybridized carbons (Fsp3) is 0.550. The second-order valence-corrected chi connectivity index (χ2v) is 20.7. The summed E-state index contributed by atoms with van der Waals surface area (Å²) in [5.74, 6) is -1.34. The van der Waals surface area contributed by atoms with Crippen LogP contribution in [0.5, 0.6) is 0 Å². The first-order valence-electron chi connectivity index (χ1n) is 19.6. The van der Waals surface area contributed by atoms with Crippen molar-refractivity contribution in [1.29, 1.82) is 0 Å². The van der Waals surface area contributed by atoms with Crippen molar-refractivity contribution in [2.24, 2.45) is 11.8 Å². The average Bonchev–Trinajstić information content (AvgIpc) is 3.78. The van der Waals surface area contributed by atoms with E-state index < -0.39 is 50.0 Å². The van der Waals surface area contributed by atoms with Gasteiger partial charge in [-0.1, -0.05) is 63.4 Å². The number of thioether (sulfide) groups is 2. The van der Waals surface area contributed by atoms with Crippen molar-refractivity contribution < 1.29 is 46.4 Å². The van der Waals surface area contributed by atoms with Gasteiger partial charge < -0.3 is 24.2 Å². The van der Waals surface area contributed by atoms with Gasteiger partial charge in [-0.3, -0.25) is 33.5 Å².